The Hall–Kier alpha value is -2.60. The Balaban J connectivity index is 1.71. The van der Waals surface area contributed by atoms with Crippen molar-refractivity contribution in [3.63, 3.8) is 0 Å². The first-order valence-corrected chi connectivity index (χ1v) is 11.0. The molecule has 0 saturated carbocycles. The monoisotopic (exact) mass is 406 g/mol. The molecule has 1 saturated heterocycles. The molecule has 4 rings (SSSR count). The largest absolute Gasteiger partial charge is 0.341 e. The average molecular weight is 407 g/mol. The van der Waals surface area contributed by atoms with Crippen molar-refractivity contribution >= 4 is 17.7 Å². The van der Waals surface area contributed by atoms with E-state index in [1.807, 2.05) is 54.3 Å². The van der Waals surface area contributed by atoms with E-state index in [0.29, 0.717) is 0 Å². The van der Waals surface area contributed by atoms with Crippen molar-refractivity contribution in [2.45, 2.75) is 43.5 Å². The van der Waals surface area contributed by atoms with Crippen molar-refractivity contribution in [2.75, 3.05) is 13.1 Å². The van der Waals surface area contributed by atoms with E-state index in [1.54, 1.807) is 0 Å². The lowest BCUT2D eigenvalue weighted by atomic mass is 10.1. The first-order valence-electron chi connectivity index (χ1n) is 10.1. The van der Waals surface area contributed by atoms with Gasteiger partial charge in [0.1, 0.15) is 11.1 Å². The minimum absolute atomic E-state index is 0.165. The third-order valence-corrected chi connectivity index (χ3v) is 6.55. The van der Waals surface area contributed by atoms with Crippen molar-refractivity contribution in [3.8, 4) is 5.69 Å². The van der Waals surface area contributed by atoms with Crippen molar-refractivity contribution in [2.24, 2.45) is 0 Å². The number of aryl methyl sites for hydroxylation is 2. The summed E-state index contributed by atoms with van der Waals surface area (Å²) in [4.78, 5) is 15.5. The highest BCUT2D eigenvalue weighted by atomic mass is 32.2. The topological polar surface area (TPSA) is 51.0 Å². The predicted molar refractivity (Wildman–Crippen MR) is 116 cm³/mol. The summed E-state index contributed by atoms with van der Waals surface area (Å²) in [6, 6.07) is 18.2. The van der Waals surface area contributed by atoms with E-state index in [0.717, 1.165) is 53.7 Å². The number of piperidine rings is 1. The minimum atomic E-state index is -0.333. The van der Waals surface area contributed by atoms with Crippen molar-refractivity contribution in [1.82, 2.24) is 19.7 Å². The number of hydrogen-bond donors (Lipinski definition) is 0. The van der Waals surface area contributed by atoms with Crippen LogP contribution in [0.25, 0.3) is 5.69 Å². The molecule has 1 aliphatic heterocycles. The van der Waals surface area contributed by atoms with Gasteiger partial charge in [0.2, 0.25) is 5.91 Å². The number of thioether (sulfide) groups is 1. The number of nitrogens with zero attached hydrogens (tertiary/aromatic N) is 4. The van der Waals surface area contributed by atoms with Gasteiger partial charge >= 0.3 is 0 Å². The molecule has 0 bridgehead atoms. The number of aromatic nitrogens is 3. The van der Waals surface area contributed by atoms with Gasteiger partial charge in [-0.05, 0) is 50.3 Å². The van der Waals surface area contributed by atoms with Crippen LogP contribution in [-0.2, 0) is 4.79 Å². The lowest BCUT2D eigenvalue weighted by Gasteiger charge is -2.30. The van der Waals surface area contributed by atoms with Gasteiger partial charge in [-0.1, -0.05) is 60.3 Å². The molecule has 29 heavy (non-hydrogen) atoms. The summed E-state index contributed by atoms with van der Waals surface area (Å²) in [5.41, 5.74) is 3.20. The molecule has 1 amide bonds. The molecule has 0 N–H and O–H groups in total. The maximum Gasteiger partial charge on any atom is 0.240 e. The summed E-state index contributed by atoms with van der Waals surface area (Å²) in [5.74, 6) is 0.983. The summed E-state index contributed by atoms with van der Waals surface area (Å²) in [6.45, 7) is 5.71. The standard InChI is InChI=1S/C23H26N4OS/c1-17-11-7-8-14-20(17)27-18(2)24-25-23(27)29-21(19-12-5-3-6-13-19)22(28)26-15-9-4-10-16-26/h3,5-8,11-14,21H,4,9-10,15-16H2,1-2H3. The van der Waals surface area contributed by atoms with Crippen LogP contribution in [0.4, 0.5) is 0 Å². The SMILES string of the molecule is Cc1ccccc1-n1c(C)nnc1SC(C(=O)N1CCCCC1)c1ccccc1. The van der Waals surface area contributed by atoms with Crippen molar-refractivity contribution < 1.29 is 4.79 Å². The van der Waals surface area contributed by atoms with Gasteiger partial charge in [-0.3, -0.25) is 9.36 Å². The van der Waals surface area contributed by atoms with Crippen LogP contribution in [0.5, 0.6) is 0 Å². The second kappa shape index (κ2) is 8.82. The van der Waals surface area contributed by atoms with Gasteiger partial charge < -0.3 is 4.90 Å². The number of rotatable bonds is 5. The summed E-state index contributed by atoms with van der Waals surface area (Å²) in [7, 11) is 0. The molecule has 1 fully saturated rings. The fraction of sp³-hybridized carbons (Fsp3) is 0.348. The molecule has 0 radical (unpaired) electrons. The third kappa shape index (κ3) is 4.22. The smallest absolute Gasteiger partial charge is 0.240 e. The highest BCUT2D eigenvalue weighted by molar-refractivity contribution is 8.00. The molecule has 2 heterocycles. The van der Waals surface area contributed by atoms with Gasteiger partial charge in [-0.2, -0.15) is 0 Å². The van der Waals surface area contributed by atoms with Crippen LogP contribution in [0, 0.1) is 13.8 Å². The van der Waals surface area contributed by atoms with E-state index >= 15 is 0 Å². The molecule has 1 unspecified atom stereocenters. The fourth-order valence-corrected chi connectivity index (χ4v) is 4.96. The molecular formula is C23H26N4OS. The lowest BCUT2D eigenvalue weighted by molar-refractivity contribution is -0.131. The molecule has 1 aliphatic rings. The Morgan fingerprint density at radius 2 is 1.62 bits per heavy atom. The van der Waals surface area contributed by atoms with Crippen LogP contribution in [0.1, 0.15) is 41.5 Å². The molecule has 1 atom stereocenters. The van der Waals surface area contributed by atoms with E-state index in [-0.39, 0.29) is 11.2 Å². The van der Waals surface area contributed by atoms with Crippen LogP contribution in [0.2, 0.25) is 0 Å². The minimum Gasteiger partial charge on any atom is -0.341 e. The molecule has 5 nitrogen and oxygen atoms in total. The van der Waals surface area contributed by atoms with Crippen LogP contribution in [0.3, 0.4) is 0 Å². The molecule has 0 aliphatic carbocycles. The number of carbonyl (C=O) groups excluding carboxylic acids is 1. The predicted octanol–water partition coefficient (Wildman–Crippen LogP) is 4.73. The van der Waals surface area contributed by atoms with Crippen LogP contribution < -0.4 is 0 Å². The molecule has 6 heteroatoms. The van der Waals surface area contributed by atoms with E-state index < -0.39 is 0 Å². The maximum absolute atomic E-state index is 13.5. The number of amides is 1. The summed E-state index contributed by atoms with van der Waals surface area (Å²) >= 11 is 1.49. The van der Waals surface area contributed by atoms with E-state index in [2.05, 4.69) is 33.8 Å². The highest BCUT2D eigenvalue weighted by Crippen LogP contribution is 2.38. The second-order valence-corrected chi connectivity index (χ2v) is 8.52. The van der Waals surface area contributed by atoms with Gasteiger partial charge in [0.05, 0.1) is 5.69 Å². The molecule has 150 valence electrons. The quantitative estimate of drug-likeness (QED) is 0.575. The van der Waals surface area contributed by atoms with Gasteiger partial charge in [-0.25, -0.2) is 0 Å². The van der Waals surface area contributed by atoms with Gasteiger partial charge in [0.25, 0.3) is 0 Å². The van der Waals surface area contributed by atoms with Gasteiger partial charge in [0, 0.05) is 13.1 Å². The Labute approximate surface area is 176 Å². The van der Waals surface area contributed by atoms with Crippen LogP contribution in [0.15, 0.2) is 59.8 Å². The van der Waals surface area contributed by atoms with E-state index in [4.69, 9.17) is 0 Å². The Morgan fingerprint density at radius 3 is 2.34 bits per heavy atom. The zero-order valence-corrected chi connectivity index (χ0v) is 17.7. The summed E-state index contributed by atoms with van der Waals surface area (Å²) in [5, 5.41) is 9.16. The first kappa shape index (κ1) is 19.7. The maximum atomic E-state index is 13.5. The molecule has 0 spiro atoms. The van der Waals surface area contributed by atoms with Crippen molar-refractivity contribution in [1.29, 1.82) is 0 Å². The van der Waals surface area contributed by atoms with Crippen LogP contribution >= 0.6 is 11.8 Å². The molecule has 3 aromatic rings. The summed E-state index contributed by atoms with van der Waals surface area (Å²) < 4.78 is 2.05. The molecule has 1 aromatic heterocycles. The number of likely N-dealkylation sites (tertiary alicyclic amines) is 1. The highest BCUT2D eigenvalue weighted by Gasteiger charge is 2.30. The first-order chi connectivity index (χ1) is 14.1. The molecular weight excluding hydrogens is 380 g/mol. The van der Waals surface area contributed by atoms with Crippen LogP contribution in [-0.4, -0.2) is 38.7 Å². The number of hydrogen-bond acceptors (Lipinski definition) is 4. The van der Waals surface area contributed by atoms with Gasteiger partial charge in [0.15, 0.2) is 5.16 Å². The molecule has 2 aromatic carbocycles. The lowest BCUT2D eigenvalue weighted by Crippen LogP contribution is -2.38. The second-order valence-electron chi connectivity index (χ2n) is 7.45. The number of para-hydroxylation sites is 1. The summed E-state index contributed by atoms with van der Waals surface area (Å²) in [6.07, 6.45) is 3.36. The van der Waals surface area contributed by atoms with E-state index in [9.17, 15) is 4.79 Å². The number of benzene rings is 2. The fourth-order valence-electron chi connectivity index (χ4n) is 3.79. The zero-order chi connectivity index (χ0) is 20.2. The third-order valence-electron chi connectivity index (χ3n) is 5.37. The van der Waals surface area contributed by atoms with Crippen molar-refractivity contribution in [3.05, 3.63) is 71.5 Å². The number of carbonyl (C=O) groups is 1. The normalized spacial score (nSPS) is 15.3. The Morgan fingerprint density at radius 1 is 0.931 bits per heavy atom. The Bertz CT molecular complexity index is 980. The average Bonchev–Trinajstić information content (AvgIpc) is 3.13. The Kier molecular flexibility index (Phi) is 6.00. The zero-order valence-electron chi connectivity index (χ0n) is 16.9. The van der Waals surface area contributed by atoms with Gasteiger partial charge in [-0.15, -0.1) is 10.2 Å². The van der Waals surface area contributed by atoms with E-state index in [1.165, 1.54) is 18.2 Å².